The molecule has 1 saturated heterocycles. The van der Waals surface area contributed by atoms with Gasteiger partial charge in [0.2, 0.25) is 9.90 Å². The molecule has 23 heavy (non-hydrogen) atoms. The zero-order valence-corrected chi connectivity index (χ0v) is 14.7. The standard InChI is InChI=1S/C14H15Cl3N2O4/c1-18-6-10-9-5-8(22-2)3-4-11(9)23-12(14(15,16)17)13(10,7-18)19(20)21/h3-5,10,12H,6-7H2,1-2H3/t10-,12-,13+/m1/s1. The van der Waals surface area contributed by atoms with Crippen molar-refractivity contribution in [3.63, 3.8) is 0 Å². The summed E-state index contributed by atoms with van der Waals surface area (Å²) in [6, 6.07) is 5.16. The summed E-state index contributed by atoms with van der Waals surface area (Å²) in [7, 11) is 3.34. The number of hydrogen-bond acceptors (Lipinski definition) is 5. The zero-order chi connectivity index (χ0) is 17.0. The zero-order valence-electron chi connectivity index (χ0n) is 12.5. The molecule has 2 aliphatic rings. The van der Waals surface area contributed by atoms with Crippen molar-refractivity contribution < 1.29 is 14.4 Å². The van der Waals surface area contributed by atoms with Crippen molar-refractivity contribution in [2.45, 2.75) is 21.4 Å². The highest BCUT2D eigenvalue weighted by atomic mass is 35.6. The molecule has 1 fully saturated rings. The fourth-order valence-electron chi connectivity index (χ4n) is 3.60. The van der Waals surface area contributed by atoms with E-state index in [4.69, 9.17) is 44.3 Å². The minimum atomic E-state index is -1.92. The van der Waals surface area contributed by atoms with Crippen molar-refractivity contribution in [3.05, 3.63) is 33.9 Å². The summed E-state index contributed by atoms with van der Waals surface area (Å²) < 4.78 is 9.11. The number of hydrogen-bond donors (Lipinski definition) is 0. The molecule has 9 heteroatoms. The molecule has 1 aromatic carbocycles. The molecule has 0 saturated carbocycles. The predicted molar refractivity (Wildman–Crippen MR) is 87.7 cm³/mol. The van der Waals surface area contributed by atoms with Gasteiger partial charge in [-0.3, -0.25) is 15.0 Å². The van der Waals surface area contributed by atoms with Crippen LogP contribution in [0.4, 0.5) is 0 Å². The van der Waals surface area contributed by atoms with Crippen LogP contribution in [0.5, 0.6) is 11.5 Å². The van der Waals surface area contributed by atoms with Crippen molar-refractivity contribution in [2.24, 2.45) is 0 Å². The van der Waals surface area contributed by atoms with Crippen molar-refractivity contribution in [1.29, 1.82) is 0 Å². The predicted octanol–water partition coefficient (Wildman–Crippen LogP) is 2.87. The molecule has 2 heterocycles. The summed E-state index contributed by atoms with van der Waals surface area (Å²) >= 11 is 18.1. The molecule has 1 aromatic rings. The first-order valence-corrected chi connectivity index (χ1v) is 8.08. The average Bonchev–Trinajstić information content (AvgIpc) is 2.83. The molecule has 0 bridgehead atoms. The summed E-state index contributed by atoms with van der Waals surface area (Å²) in [5, 5.41) is 12.0. The molecule has 3 atom stereocenters. The highest BCUT2D eigenvalue weighted by molar-refractivity contribution is 6.68. The van der Waals surface area contributed by atoms with Crippen LogP contribution in [0.25, 0.3) is 0 Å². The van der Waals surface area contributed by atoms with Gasteiger partial charge in [-0.2, -0.15) is 0 Å². The molecule has 0 aromatic heterocycles. The fraction of sp³-hybridized carbons (Fsp3) is 0.571. The summed E-state index contributed by atoms with van der Waals surface area (Å²) in [5.74, 6) is 0.633. The number of ether oxygens (including phenoxy) is 2. The first-order valence-electron chi connectivity index (χ1n) is 6.94. The summed E-state index contributed by atoms with van der Waals surface area (Å²) in [4.78, 5) is 13.5. The van der Waals surface area contributed by atoms with Crippen LogP contribution in [0.1, 0.15) is 11.5 Å². The van der Waals surface area contributed by atoms with E-state index in [9.17, 15) is 10.1 Å². The number of nitro groups is 1. The molecule has 0 amide bonds. The molecule has 0 aliphatic carbocycles. The topological polar surface area (TPSA) is 64.8 Å². The summed E-state index contributed by atoms with van der Waals surface area (Å²) in [5.41, 5.74) is -0.824. The second-order valence-electron chi connectivity index (χ2n) is 5.94. The lowest BCUT2D eigenvalue weighted by Gasteiger charge is -2.41. The molecule has 0 unspecified atom stereocenters. The van der Waals surface area contributed by atoms with Gasteiger partial charge in [-0.25, -0.2) is 0 Å². The third kappa shape index (κ3) is 2.52. The Hall–Kier alpha value is -0.950. The third-order valence-corrected chi connectivity index (χ3v) is 5.14. The van der Waals surface area contributed by atoms with E-state index in [0.717, 1.165) is 0 Å². The number of likely N-dealkylation sites (tertiary alicyclic amines) is 1. The molecule has 0 N–H and O–H groups in total. The van der Waals surface area contributed by atoms with Gasteiger partial charge in [0.15, 0.2) is 0 Å². The quantitative estimate of drug-likeness (QED) is 0.448. The Balaban J connectivity index is 2.22. The molecule has 3 rings (SSSR count). The van der Waals surface area contributed by atoms with E-state index in [1.807, 2.05) is 4.90 Å². The van der Waals surface area contributed by atoms with Gasteiger partial charge in [0.25, 0.3) is 5.54 Å². The number of methoxy groups -OCH3 is 1. The monoisotopic (exact) mass is 380 g/mol. The van der Waals surface area contributed by atoms with Crippen molar-refractivity contribution in [1.82, 2.24) is 4.90 Å². The molecule has 6 nitrogen and oxygen atoms in total. The molecular formula is C14H15Cl3N2O4. The Morgan fingerprint density at radius 1 is 1.48 bits per heavy atom. The van der Waals surface area contributed by atoms with Gasteiger partial charge in [-0.15, -0.1) is 0 Å². The number of benzene rings is 1. The highest BCUT2D eigenvalue weighted by Crippen LogP contribution is 2.54. The fourth-order valence-corrected chi connectivity index (χ4v) is 4.30. The molecule has 0 radical (unpaired) electrons. The first kappa shape index (κ1) is 16.9. The second-order valence-corrected chi connectivity index (χ2v) is 8.31. The third-order valence-electron chi connectivity index (χ3n) is 4.55. The van der Waals surface area contributed by atoms with Crippen LogP contribution >= 0.6 is 34.8 Å². The normalized spacial score (nSPS) is 30.3. The van der Waals surface area contributed by atoms with E-state index in [0.29, 0.717) is 23.6 Å². The Bertz CT molecular complexity index is 651. The number of nitrogens with zero attached hydrogens (tertiary/aromatic N) is 2. The lowest BCUT2D eigenvalue weighted by atomic mass is 9.76. The molecular weight excluding hydrogens is 367 g/mol. The van der Waals surface area contributed by atoms with E-state index in [1.54, 1.807) is 25.2 Å². The Labute approximate surface area is 148 Å². The SMILES string of the molecule is COc1ccc2c(c1)[C@H]1CN(C)C[C@@]1([N+](=O)[O-])[C@H](C(Cl)(Cl)Cl)O2. The van der Waals surface area contributed by atoms with Crippen LogP contribution in [0.3, 0.4) is 0 Å². The first-order chi connectivity index (χ1) is 10.7. The van der Waals surface area contributed by atoms with Crippen LogP contribution in [0.2, 0.25) is 0 Å². The van der Waals surface area contributed by atoms with Gasteiger partial charge in [-0.05, 0) is 25.2 Å². The maximum Gasteiger partial charge on any atom is 0.282 e. The Morgan fingerprint density at radius 3 is 2.74 bits per heavy atom. The van der Waals surface area contributed by atoms with Gasteiger partial charge in [0, 0.05) is 17.0 Å². The van der Waals surface area contributed by atoms with Gasteiger partial charge in [0.05, 0.1) is 19.6 Å². The molecule has 0 spiro atoms. The van der Waals surface area contributed by atoms with Gasteiger partial charge >= 0.3 is 0 Å². The number of fused-ring (bicyclic) bond motifs is 3. The maximum atomic E-state index is 12.0. The second kappa shape index (κ2) is 5.55. The van der Waals surface area contributed by atoms with Crippen LogP contribution in [0.15, 0.2) is 18.2 Å². The summed E-state index contributed by atoms with van der Waals surface area (Å²) in [6.45, 7) is 0.613. The minimum absolute atomic E-state index is 0.139. The smallest absolute Gasteiger partial charge is 0.282 e. The van der Waals surface area contributed by atoms with Crippen molar-refractivity contribution in [2.75, 3.05) is 27.2 Å². The van der Waals surface area contributed by atoms with Crippen LogP contribution in [0, 0.1) is 10.1 Å². The number of alkyl halides is 3. The van der Waals surface area contributed by atoms with E-state index < -0.39 is 21.4 Å². The average molecular weight is 382 g/mol. The van der Waals surface area contributed by atoms with E-state index in [1.165, 1.54) is 7.11 Å². The molecule has 2 aliphatic heterocycles. The number of likely N-dealkylation sites (N-methyl/N-ethyl adjacent to an activating group) is 1. The lowest BCUT2D eigenvalue weighted by Crippen LogP contribution is -2.63. The van der Waals surface area contributed by atoms with Crippen molar-refractivity contribution in [3.8, 4) is 11.5 Å². The number of halogens is 3. The Kier molecular flexibility index (Phi) is 4.08. The van der Waals surface area contributed by atoms with Crippen LogP contribution in [-0.4, -0.2) is 52.5 Å². The summed E-state index contributed by atoms with van der Waals surface area (Å²) in [6.07, 6.45) is -1.19. The largest absolute Gasteiger partial charge is 0.497 e. The minimum Gasteiger partial charge on any atom is -0.497 e. The van der Waals surface area contributed by atoms with Crippen LogP contribution < -0.4 is 9.47 Å². The number of rotatable bonds is 2. The van der Waals surface area contributed by atoms with Crippen molar-refractivity contribution >= 4 is 34.8 Å². The molecule has 126 valence electrons. The lowest BCUT2D eigenvalue weighted by molar-refractivity contribution is -0.581. The maximum absolute atomic E-state index is 12.0. The Morgan fingerprint density at radius 2 is 2.17 bits per heavy atom. The van der Waals surface area contributed by atoms with Gasteiger partial charge < -0.3 is 9.47 Å². The van der Waals surface area contributed by atoms with E-state index >= 15 is 0 Å². The van der Waals surface area contributed by atoms with E-state index in [2.05, 4.69) is 0 Å². The van der Waals surface area contributed by atoms with Gasteiger partial charge in [-0.1, -0.05) is 34.8 Å². The van der Waals surface area contributed by atoms with Crippen LogP contribution in [-0.2, 0) is 0 Å². The van der Waals surface area contributed by atoms with E-state index in [-0.39, 0.29) is 11.5 Å². The van der Waals surface area contributed by atoms with Gasteiger partial charge in [0.1, 0.15) is 11.5 Å². The highest BCUT2D eigenvalue weighted by Gasteiger charge is 2.70.